The quantitative estimate of drug-likeness (QED) is 0.885. The van der Waals surface area contributed by atoms with Gasteiger partial charge in [0.15, 0.2) is 0 Å². The normalized spacial score (nSPS) is 15.8. The molecule has 0 saturated carbocycles. The average molecular weight is 379 g/mol. The van der Waals surface area contributed by atoms with E-state index in [9.17, 15) is 17.6 Å². The molecule has 0 bridgehead atoms. The molecular weight excluding hydrogens is 361 g/mol. The van der Waals surface area contributed by atoms with Crippen molar-refractivity contribution in [2.45, 2.75) is 31.3 Å². The van der Waals surface area contributed by atoms with E-state index < -0.39 is 21.4 Å². The average Bonchev–Trinajstić information content (AvgIpc) is 2.54. The van der Waals surface area contributed by atoms with E-state index in [-0.39, 0.29) is 16.6 Å². The fraction of sp³-hybridized carbons (Fsp3) is 0.294. The van der Waals surface area contributed by atoms with Crippen molar-refractivity contribution >= 4 is 27.4 Å². The molecule has 26 heavy (non-hydrogen) atoms. The molecule has 0 aliphatic carbocycles. The van der Waals surface area contributed by atoms with E-state index in [4.69, 9.17) is 4.74 Å². The summed E-state index contributed by atoms with van der Waals surface area (Å²) in [5.41, 5.74) is -0.207. The number of aromatic nitrogens is 1. The number of halogens is 1. The van der Waals surface area contributed by atoms with Crippen LogP contribution in [-0.2, 0) is 14.8 Å². The van der Waals surface area contributed by atoms with Gasteiger partial charge in [0, 0.05) is 6.92 Å². The summed E-state index contributed by atoms with van der Waals surface area (Å²) in [6.45, 7) is 5.40. The monoisotopic (exact) mass is 379 g/mol. The van der Waals surface area contributed by atoms with Crippen molar-refractivity contribution in [2.24, 2.45) is 0 Å². The van der Waals surface area contributed by atoms with Gasteiger partial charge in [-0.05, 0) is 44.2 Å². The molecule has 2 aromatic rings. The van der Waals surface area contributed by atoms with Crippen molar-refractivity contribution in [1.29, 1.82) is 0 Å². The fourth-order valence-electron chi connectivity index (χ4n) is 2.67. The number of sulfonamides is 1. The van der Waals surface area contributed by atoms with E-state index in [0.717, 1.165) is 12.3 Å². The first-order chi connectivity index (χ1) is 12.1. The molecular formula is C17H18FN3O4S. The lowest BCUT2D eigenvalue weighted by Gasteiger charge is -2.39. The molecule has 1 aliphatic heterocycles. The molecule has 3 rings (SSSR count). The second kappa shape index (κ2) is 6.24. The van der Waals surface area contributed by atoms with Crippen LogP contribution in [0, 0.1) is 5.82 Å². The third-order valence-electron chi connectivity index (χ3n) is 3.80. The third-order valence-corrected chi connectivity index (χ3v) is 5.16. The zero-order valence-corrected chi connectivity index (χ0v) is 15.3. The number of ether oxygens (including phenoxy) is 1. The smallest absolute Gasteiger partial charge is 0.263 e. The van der Waals surface area contributed by atoms with Crippen LogP contribution in [0.15, 0.2) is 41.4 Å². The summed E-state index contributed by atoms with van der Waals surface area (Å²) in [5.74, 6) is -0.371. The standard InChI is InChI=1S/C17H18FN3O4S/c1-11(22)21-10-17(2,3)25-15-6-5-13(8-14(15)21)26(23,24)20-16-7-4-12(18)9-19-16/h4-9H,10H2,1-3H3,(H,19,20). The van der Waals surface area contributed by atoms with Crippen molar-refractivity contribution < 1.29 is 22.3 Å². The van der Waals surface area contributed by atoms with Gasteiger partial charge in [0.1, 0.15) is 23.0 Å². The van der Waals surface area contributed by atoms with Crippen LogP contribution in [0.25, 0.3) is 0 Å². The summed E-state index contributed by atoms with van der Waals surface area (Å²) >= 11 is 0. The van der Waals surface area contributed by atoms with Crippen LogP contribution in [0.3, 0.4) is 0 Å². The summed E-state index contributed by atoms with van der Waals surface area (Å²) in [4.78, 5) is 17.1. The zero-order chi connectivity index (χ0) is 19.1. The number of hydrogen-bond acceptors (Lipinski definition) is 5. The van der Waals surface area contributed by atoms with Crippen molar-refractivity contribution in [2.75, 3.05) is 16.2 Å². The Hall–Kier alpha value is -2.68. The first-order valence-corrected chi connectivity index (χ1v) is 9.31. The van der Waals surface area contributed by atoms with Crippen LogP contribution in [0.4, 0.5) is 15.9 Å². The predicted molar refractivity (Wildman–Crippen MR) is 94.2 cm³/mol. The number of benzene rings is 1. The van der Waals surface area contributed by atoms with Crippen LogP contribution in [0.2, 0.25) is 0 Å². The fourth-order valence-corrected chi connectivity index (χ4v) is 3.70. The van der Waals surface area contributed by atoms with Gasteiger partial charge < -0.3 is 9.64 Å². The Balaban J connectivity index is 1.98. The molecule has 0 unspecified atom stereocenters. The van der Waals surface area contributed by atoms with Crippen molar-refractivity contribution in [3.8, 4) is 5.75 Å². The first-order valence-electron chi connectivity index (χ1n) is 7.83. The van der Waals surface area contributed by atoms with Crippen molar-refractivity contribution in [3.63, 3.8) is 0 Å². The SMILES string of the molecule is CC(=O)N1CC(C)(C)Oc2ccc(S(=O)(=O)Nc3ccc(F)cn3)cc21. The van der Waals surface area contributed by atoms with E-state index in [1.165, 1.54) is 36.1 Å². The second-order valence-electron chi connectivity index (χ2n) is 6.56. The number of carbonyl (C=O) groups excluding carboxylic acids is 1. The number of carbonyl (C=O) groups is 1. The maximum absolute atomic E-state index is 12.9. The lowest BCUT2D eigenvalue weighted by molar-refractivity contribution is -0.117. The van der Waals surface area contributed by atoms with Gasteiger partial charge in [-0.3, -0.25) is 9.52 Å². The highest BCUT2D eigenvalue weighted by Gasteiger charge is 2.34. The highest BCUT2D eigenvalue weighted by Crippen LogP contribution is 2.38. The number of rotatable bonds is 3. The first kappa shape index (κ1) is 18.1. The third kappa shape index (κ3) is 3.62. The highest BCUT2D eigenvalue weighted by molar-refractivity contribution is 7.92. The minimum Gasteiger partial charge on any atom is -0.484 e. The van der Waals surface area contributed by atoms with E-state index in [2.05, 4.69) is 9.71 Å². The molecule has 0 fully saturated rings. The van der Waals surface area contributed by atoms with Crippen LogP contribution in [0.5, 0.6) is 5.75 Å². The highest BCUT2D eigenvalue weighted by atomic mass is 32.2. The van der Waals surface area contributed by atoms with Gasteiger partial charge in [-0.2, -0.15) is 0 Å². The van der Waals surface area contributed by atoms with Crippen LogP contribution in [0.1, 0.15) is 20.8 Å². The zero-order valence-electron chi connectivity index (χ0n) is 14.5. The number of nitrogens with one attached hydrogen (secondary N) is 1. The van der Waals surface area contributed by atoms with Gasteiger partial charge >= 0.3 is 0 Å². The van der Waals surface area contributed by atoms with Crippen LogP contribution in [-0.4, -0.2) is 31.5 Å². The Kier molecular flexibility index (Phi) is 4.35. The molecule has 1 N–H and O–H groups in total. The molecule has 0 saturated heterocycles. The number of nitrogens with zero attached hydrogens (tertiary/aromatic N) is 2. The minimum atomic E-state index is -3.97. The molecule has 1 aromatic heterocycles. The Morgan fingerprint density at radius 3 is 2.65 bits per heavy atom. The van der Waals surface area contributed by atoms with Gasteiger partial charge in [-0.1, -0.05) is 0 Å². The minimum absolute atomic E-state index is 0.00933. The summed E-state index contributed by atoms with van der Waals surface area (Å²) in [7, 11) is -3.97. The summed E-state index contributed by atoms with van der Waals surface area (Å²) in [6, 6.07) is 6.59. The molecule has 0 radical (unpaired) electrons. The molecule has 9 heteroatoms. The number of anilines is 2. The summed E-state index contributed by atoms with van der Waals surface area (Å²) < 4.78 is 46.2. The molecule has 0 spiro atoms. The van der Waals surface area contributed by atoms with Gasteiger partial charge in [-0.25, -0.2) is 17.8 Å². The Morgan fingerprint density at radius 1 is 1.31 bits per heavy atom. The van der Waals surface area contributed by atoms with E-state index in [1.54, 1.807) is 0 Å². The van der Waals surface area contributed by atoms with Gasteiger partial charge in [0.25, 0.3) is 10.0 Å². The van der Waals surface area contributed by atoms with E-state index >= 15 is 0 Å². The molecule has 1 aliphatic rings. The van der Waals surface area contributed by atoms with Crippen LogP contribution < -0.4 is 14.4 Å². The number of fused-ring (bicyclic) bond motifs is 1. The summed E-state index contributed by atoms with van der Waals surface area (Å²) in [6.07, 6.45) is 0.915. The second-order valence-corrected chi connectivity index (χ2v) is 8.25. The van der Waals surface area contributed by atoms with Crippen molar-refractivity contribution in [3.05, 3.63) is 42.3 Å². The Labute approximate surface area is 150 Å². The Bertz CT molecular complexity index is 958. The maximum Gasteiger partial charge on any atom is 0.263 e. The molecule has 0 atom stereocenters. The molecule has 138 valence electrons. The molecule has 7 nitrogen and oxygen atoms in total. The summed E-state index contributed by atoms with van der Waals surface area (Å²) in [5, 5.41) is 0. The molecule has 2 heterocycles. The Morgan fingerprint density at radius 2 is 2.04 bits per heavy atom. The van der Waals surface area contributed by atoms with Gasteiger partial charge in [0.2, 0.25) is 5.91 Å². The van der Waals surface area contributed by atoms with E-state index in [1.807, 2.05) is 13.8 Å². The lowest BCUT2D eigenvalue weighted by Crippen LogP contribution is -2.48. The van der Waals surface area contributed by atoms with Crippen LogP contribution >= 0.6 is 0 Å². The van der Waals surface area contributed by atoms with Gasteiger partial charge in [-0.15, -0.1) is 0 Å². The number of amides is 1. The molecule has 1 amide bonds. The maximum atomic E-state index is 12.9. The molecule has 1 aromatic carbocycles. The lowest BCUT2D eigenvalue weighted by atomic mass is 10.1. The van der Waals surface area contributed by atoms with Crippen molar-refractivity contribution in [1.82, 2.24) is 4.98 Å². The number of pyridine rings is 1. The number of hydrogen-bond donors (Lipinski definition) is 1. The topological polar surface area (TPSA) is 88.6 Å². The van der Waals surface area contributed by atoms with E-state index in [0.29, 0.717) is 18.0 Å². The van der Waals surface area contributed by atoms with Gasteiger partial charge in [0.05, 0.1) is 23.3 Å². The predicted octanol–water partition coefficient (Wildman–Crippen LogP) is 2.55. The largest absolute Gasteiger partial charge is 0.484 e.